The zero-order valence-electron chi connectivity index (χ0n) is 21.4. The monoisotopic (exact) mass is 583 g/mol. The lowest BCUT2D eigenvalue weighted by molar-refractivity contribution is -0.384. The van der Waals surface area contributed by atoms with Gasteiger partial charge in [-0.25, -0.2) is 4.79 Å². The third-order valence-electron chi connectivity index (χ3n) is 6.06. The fourth-order valence-corrected chi connectivity index (χ4v) is 5.21. The van der Waals surface area contributed by atoms with Crippen LogP contribution in [0.1, 0.15) is 45.2 Å². The fraction of sp³-hybridized carbons (Fsp3) is 0.423. The Hall–Kier alpha value is -2.50. The molecule has 1 amide bonds. The number of nitrogens with one attached hydrogen (secondary N) is 1. The van der Waals surface area contributed by atoms with Crippen LogP contribution in [0.4, 0.5) is 10.5 Å². The van der Waals surface area contributed by atoms with E-state index in [4.69, 9.17) is 32.7 Å². The SMILES string of the molecule is C=CCOc1cc(Cl)c(Cl)cc1C(N[S@+]([O-])C(C)(C)C)C1CCN(C(=O)Oc2ccc([N+](=O)[O-])cc2)CC1. The van der Waals surface area contributed by atoms with Gasteiger partial charge in [-0.15, -0.1) is 4.72 Å². The van der Waals surface area contributed by atoms with E-state index in [1.54, 1.807) is 23.1 Å². The summed E-state index contributed by atoms with van der Waals surface area (Å²) in [6, 6.07) is 8.33. The van der Waals surface area contributed by atoms with Gasteiger partial charge in [0.15, 0.2) is 0 Å². The van der Waals surface area contributed by atoms with Crippen molar-refractivity contribution in [3.63, 3.8) is 0 Å². The van der Waals surface area contributed by atoms with E-state index in [0.717, 1.165) is 5.56 Å². The van der Waals surface area contributed by atoms with Gasteiger partial charge in [0.25, 0.3) is 5.69 Å². The van der Waals surface area contributed by atoms with Gasteiger partial charge in [-0.1, -0.05) is 35.9 Å². The lowest BCUT2D eigenvalue weighted by Gasteiger charge is -2.37. The number of amides is 1. The van der Waals surface area contributed by atoms with Crippen molar-refractivity contribution in [2.75, 3.05) is 19.7 Å². The summed E-state index contributed by atoms with van der Waals surface area (Å²) in [6.07, 6.45) is 2.27. The highest BCUT2D eigenvalue weighted by molar-refractivity contribution is 7.90. The zero-order valence-corrected chi connectivity index (χ0v) is 23.8. The van der Waals surface area contributed by atoms with E-state index in [1.165, 1.54) is 24.3 Å². The quantitative estimate of drug-likeness (QED) is 0.155. The van der Waals surface area contributed by atoms with E-state index >= 15 is 0 Å². The number of rotatable bonds is 9. The van der Waals surface area contributed by atoms with E-state index in [0.29, 0.717) is 41.7 Å². The number of benzene rings is 2. The van der Waals surface area contributed by atoms with Gasteiger partial charge in [0.2, 0.25) is 0 Å². The van der Waals surface area contributed by atoms with E-state index in [2.05, 4.69) is 11.3 Å². The summed E-state index contributed by atoms with van der Waals surface area (Å²) in [5, 5.41) is 11.5. The number of hydrogen-bond acceptors (Lipinski definition) is 7. The minimum atomic E-state index is -1.40. The summed E-state index contributed by atoms with van der Waals surface area (Å²) in [5.74, 6) is 0.735. The Morgan fingerprint density at radius 3 is 2.39 bits per heavy atom. The minimum absolute atomic E-state index is 0.00644. The highest BCUT2D eigenvalue weighted by Gasteiger charge is 2.37. The van der Waals surface area contributed by atoms with Gasteiger partial charge >= 0.3 is 6.09 Å². The van der Waals surface area contributed by atoms with Crippen LogP contribution < -0.4 is 14.2 Å². The molecule has 1 aliphatic heterocycles. The molecule has 0 bridgehead atoms. The maximum absolute atomic E-state index is 13.2. The summed E-state index contributed by atoms with van der Waals surface area (Å²) in [7, 11) is 0. The predicted octanol–water partition coefficient (Wildman–Crippen LogP) is 6.47. The third-order valence-corrected chi connectivity index (χ3v) is 8.36. The fourth-order valence-electron chi connectivity index (χ4n) is 3.98. The van der Waals surface area contributed by atoms with Crippen molar-refractivity contribution in [3.8, 4) is 11.5 Å². The van der Waals surface area contributed by atoms with Crippen molar-refractivity contribution in [2.24, 2.45) is 5.92 Å². The Labute approximate surface area is 235 Å². The van der Waals surface area contributed by atoms with Crippen molar-refractivity contribution in [2.45, 2.75) is 44.4 Å². The number of ether oxygens (including phenoxy) is 2. The Balaban J connectivity index is 1.78. The molecule has 1 heterocycles. The molecule has 1 N–H and O–H groups in total. The topological polar surface area (TPSA) is 117 Å². The van der Waals surface area contributed by atoms with E-state index < -0.39 is 33.2 Å². The molecule has 0 aromatic heterocycles. The van der Waals surface area contributed by atoms with Gasteiger partial charge in [-0.3, -0.25) is 10.1 Å². The molecule has 2 aromatic carbocycles. The number of hydrogen-bond donors (Lipinski definition) is 1. The summed E-state index contributed by atoms with van der Waals surface area (Å²) in [5.41, 5.74) is 0.640. The average Bonchev–Trinajstić information content (AvgIpc) is 2.87. The van der Waals surface area contributed by atoms with Crippen LogP contribution in [0, 0.1) is 16.0 Å². The molecule has 2 atom stereocenters. The molecule has 1 aliphatic rings. The lowest BCUT2D eigenvalue weighted by Crippen LogP contribution is -2.47. The van der Waals surface area contributed by atoms with Gasteiger partial charge in [0.05, 0.1) is 21.0 Å². The molecule has 0 saturated carbocycles. The molecule has 3 rings (SSSR count). The highest BCUT2D eigenvalue weighted by Crippen LogP contribution is 2.41. The summed E-state index contributed by atoms with van der Waals surface area (Å²) in [4.78, 5) is 24.6. The number of likely N-dealkylation sites (tertiary alicyclic amines) is 1. The van der Waals surface area contributed by atoms with Crippen LogP contribution in [0.25, 0.3) is 0 Å². The Morgan fingerprint density at radius 2 is 1.84 bits per heavy atom. The molecule has 1 unspecified atom stereocenters. The zero-order chi connectivity index (χ0) is 28.0. The van der Waals surface area contributed by atoms with Crippen LogP contribution in [-0.2, 0) is 11.4 Å². The molecule has 2 aromatic rings. The van der Waals surface area contributed by atoms with Gasteiger partial charge in [0, 0.05) is 48.2 Å². The normalized spacial score (nSPS) is 16.0. The summed E-state index contributed by atoms with van der Waals surface area (Å²) < 4.78 is 27.2. The van der Waals surface area contributed by atoms with Crippen molar-refractivity contribution in [1.29, 1.82) is 0 Å². The molecule has 12 heteroatoms. The standard InChI is InChI=1S/C26H31Cl2N3O6S/c1-5-14-36-23-16-22(28)21(27)15-20(23)24(29-38(35)26(2,3)4)17-10-12-30(13-11-17)25(32)37-19-8-6-18(7-9-19)31(33)34/h5-9,15-17,24,29H,1,10-14H2,2-4H3/t24?,38-/m1/s1. The lowest BCUT2D eigenvalue weighted by atomic mass is 9.85. The van der Waals surface area contributed by atoms with Crippen molar-refractivity contribution >= 4 is 46.3 Å². The Kier molecular flexibility index (Phi) is 10.3. The first-order valence-corrected chi connectivity index (χ1v) is 13.9. The second-order valence-corrected chi connectivity index (χ2v) is 12.6. The maximum atomic E-state index is 13.2. The molecule has 0 spiro atoms. The molecular weight excluding hydrogens is 553 g/mol. The molecule has 206 valence electrons. The second kappa shape index (κ2) is 13.0. The van der Waals surface area contributed by atoms with Crippen LogP contribution in [0.5, 0.6) is 11.5 Å². The van der Waals surface area contributed by atoms with Gasteiger partial charge < -0.3 is 18.9 Å². The van der Waals surface area contributed by atoms with Gasteiger partial charge in [-0.05, 0) is 57.7 Å². The van der Waals surface area contributed by atoms with E-state index in [1.807, 2.05) is 20.8 Å². The number of nitrogens with zero attached hydrogens (tertiary/aromatic N) is 2. The number of carbonyl (C=O) groups excluding carboxylic acids is 1. The predicted molar refractivity (Wildman–Crippen MR) is 149 cm³/mol. The molecular formula is C26H31Cl2N3O6S. The van der Waals surface area contributed by atoms with Crippen LogP contribution in [0.3, 0.4) is 0 Å². The molecule has 1 fully saturated rings. The summed E-state index contributed by atoms with van der Waals surface area (Å²) in [6.45, 7) is 10.4. The molecule has 1 saturated heterocycles. The maximum Gasteiger partial charge on any atom is 0.415 e. The number of nitro benzene ring substituents is 1. The largest absolute Gasteiger partial charge is 0.598 e. The van der Waals surface area contributed by atoms with Crippen molar-refractivity contribution in [1.82, 2.24) is 9.62 Å². The smallest absolute Gasteiger partial charge is 0.415 e. The number of carbonyl (C=O) groups is 1. The van der Waals surface area contributed by atoms with Gasteiger partial charge in [0.1, 0.15) is 22.9 Å². The number of non-ortho nitro benzene ring substituents is 1. The number of halogens is 2. The number of nitro groups is 1. The van der Waals surface area contributed by atoms with E-state index in [-0.39, 0.29) is 24.0 Å². The summed E-state index contributed by atoms with van der Waals surface area (Å²) >= 11 is 11.2. The molecule has 38 heavy (non-hydrogen) atoms. The molecule has 0 radical (unpaired) electrons. The van der Waals surface area contributed by atoms with Gasteiger partial charge in [-0.2, -0.15) is 0 Å². The second-order valence-electron chi connectivity index (χ2n) is 9.82. The Morgan fingerprint density at radius 1 is 1.24 bits per heavy atom. The minimum Gasteiger partial charge on any atom is -0.598 e. The first-order chi connectivity index (χ1) is 17.9. The first-order valence-electron chi connectivity index (χ1n) is 12.0. The highest BCUT2D eigenvalue weighted by atomic mass is 35.5. The molecule has 9 nitrogen and oxygen atoms in total. The van der Waals surface area contributed by atoms with Crippen LogP contribution in [0.2, 0.25) is 10.0 Å². The Bertz CT molecular complexity index is 1150. The van der Waals surface area contributed by atoms with Crippen molar-refractivity contribution in [3.05, 3.63) is 74.8 Å². The van der Waals surface area contributed by atoms with E-state index in [9.17, 15) is 19.5 Å². The van der Waals surface area contributed by atoms with Crippen LogP contribution in [0.15, 0.2) is 49.1 Å². The van der Waals surface area contributed by atoms with Crippen LogP contribution in [-0.4, -0.2) is 44.9 Å². The molecule has 0 aliphatic carbocycles. The number of piperidine rings is 1. The third kappa shape index (κ3) is 7.77. The first kappa shape index (κ1) is 30.0. The average molecular weight is 585 g/mol. The van der Waals surface area contributed by atoms with Crippen molar-refractivity contribution < 1.29 is 23.7 Å². The van der Waals surface area contributed by atoms with Crippen LogP contribution >= 0.6 is 23.2 Å².